The van der Waals surface area contributed by atoms with E-state index < -0.39 is 6.10 Å². The third-order valence-corrected chi connectivity index (χ3v) is 7.83. The van der Waals surface area contributed by atoms with Gasteiger partial charge in [-0.15, -0.1) is 0 Å². The van der Waals surface area contributed by atoms with E-state index in [-0.39, 0.29) is 5.75 Å². The van der Waals surface area contributed by atoms with Crippen molar-refractivity contribution in [1.82, 2.24) is 0 Å². The Balaban J connectivity index is 1.66. The van der Waals surface area contributed by atoms with Crippen LogP contribution in [-0.2, 0) is 0 Å². The lowest BCUT2D eigenvalue weighted by molar-refractivity contribution is 0.00425. The number of hydrogen-bond donors (Lipinski definition) is 2. The molecular weight excluding hydrogens is 308 g/mol. The van der Waals surface area contributed by atoms with Gasteiger partial charge in [0.15, 0.2) is 0 Å². The molecule has 3 aliphatic rings. The molecule has 4 rings (SSSR count). The third-order valence-electron chi connectivity index (χ3n) is 7.83. The van der Waals surface area contributed by atoms with Crippen molar-refractivity contribution in [1.29, 1.82) is 0 Å². The fourth-order valence-corrected chi connectivity index (χ4v) is 6.74. The largest absolute Gasteiger partial charge is 0.508 e. The van der Waals surface area contributed by atoms with Gasteiger partial charge in [0.1, 0.15) is 5.75 Å². The van der Waals surface area contributed by atoms with Crippen molar-refractivity contribution in [2.75, 3.05) is 0 Å². The first kappa shape index (κ1) is 17.1. The standard InChI is InChI=1S/C23H32O2/c1-4-5-14(2)20-8-9-21-18-13-22(25)19-12-15(24)6-7-16(19)17(18)10-11-23(20,21)3/h6-7,12,17-18,20-22,24-25H,2,4-5,8-11,13H2,1,3H3/t17-,18-,20-,21+,22-,23-/m1/s1. The summed E-state index contributed by atoms with van der Waals surface area (Å²) in [4.78, 5) is 0. The van der Waals surface area contributed by atoms with Gasteiger partial charge in [-0.1, -0.05) is 38.5 Å². The van der Waals surface area contributed by atoms with E-state index in [1.54, 1.807) is 12.1 Å². The van der Waals surface area contributed by atoms with Gasteiger partial charge in [0.05, 0.1) is 6.10 Å². The van der Waals surface area contributed by atoms with Crippen LogP contribution in [0.4, 0.5) is 0 Å². The van der Waals surface area contributed by atoms with Gasteiger partial charge in [0, 0.05) is 0 Å². The van der Waals surface area contributed by atoms with Crippen LogP contribution in [0, 0.1) is 23.2 Å². The van der Waals surface area contributed by atoms with E-state index in [0.29, 0.717) is 29.1 Å². The number of aliphatic hydroxyl groups is 1. The van der Waals surface area contributed by atoms with E-state index in [9.17, 15) is 10.2 Å². The maximum absolute atomic E-state index is 10.8. The molecule has 3 aliphatic carbocycles. The highest BCUT2D eigenvalue weighted by Gasteiger charge is 2.55. The quantitative estimate of drug-likeness (QED) is 0.692. The summed E-state index contributed by atoms with van der Waals surface area (Å²) < 4.78 is 0. The minimum absolute atomic E-state index is 0.272. The molecule has 6 atom stereocenters. The zero-order valence-electron chi connectivity index (χ0n) is 15.7. The molecule has 0 heterocycles. The van der Waals surface area contributed by atoms with E-state index in [4.69, 9.17) is 0 Å². The normalized spacial score (nSPS) is 39.4. The Morgan fingerprint density at radius 2 is 2.04 bits per heavy atom. The molecule has 136 valence electrons. The number of phenols is 1. The highest BCUT2D eigenvalue weighted by atomic mass is 16.3. The average Bonchev–Trinajstić information content (AvgIpc) is 2.93. The van der Waals surface area contributed by atoms with E-state index >= 15 is 0 Å². The molecule has 2 N–H and O–H groups in total. The lowest BCUT2D eigenvalue weighted by Gasteiger charge is -2.52. The van der Waals surface area contributed by atoms with Crippen LogP contribution in [0.2, 0.25) is 0 Å². The molecule has 2 nitrogen and oxygen atoms in total. The molecule has 0 aliphatic heterocycles. The van der Waals surface area contributed by atoms with E-state index in [2.05, 4.69) is 26.5 Å². The Bertz CT molecular complexity index is 679. The zero-order chi connectivity index (χ0) is 17.8. The van der Waals surface area contributed by atoms with Crippen LogP contribution < -0.4 is 0 Å². The lowest BCUT2D eigenvalue weighted by Crippen LogP contribution is -2.43. The summed E-state index contributed by atoms with van der Waals surface area (Å²) in [6.45, 7) is 9.21. The van der Waals surface area contributed by atoms with Gasteiger partial charge < -0.3 is 10.2 Å². The van der Waals surface area contributed by atoms with Crippen LogP contribution in [0.5, 0.6) is 5.75 Å². The summed E-state index contributed by atoms with van der Waals surface area (Å²) in [5.74, 6) is 2.76. The van der Waals surface area contributed by atoms with Crippen LogP contribution in [0.3, 0.4) is 0 Å². The molecule has 0 spiro atoms. The molecule has 25 heavy (non-hydrogen) atoms. The van der Waals surface area contributed by atoms with Gasteiger partial charge in [-0.3, -0.25) is 0 Å². The molecule has 1 aromatic carbocycles. The number of aromatic hydroxyl groups is 1. The topological polar surface area (TPSA) is 40.5 Å². The Kier molecular flexibility index (Phi) is 4.22. The minimum Gasteiger partial charge on any atom is -0.508 e. The Morgan fingerprint density at radius 1 is 1.24 bits per heavy atom. The molecule has 2 heteroatoms. The molecule has 1 aromatic rings. The molecule has 0 aromatic heterocycles. The van der Waals surface area contributed by atoms with Crippen molar-refractivity contribution < 1.29 is 10.2 Å². The summed E-state index contributed by atoms with van der Waals surface area (Å²) >= 11 is 0. The van der Waals surface area contributed by atoms with Crippen molar-refractivity contribution >= 4 is 0 Å². The van der Waals surface area contributed by atoms with Crippen molar-refractivity contribution in [2.24, 2.45) is 23.2 Å². The second-order valence-corrected chi connectivity index (χ2v) is 9.02. The van der Waals surface area contributed by atoms with Crippen LogP contribution in [0.1, 0.15) is 81.9 Å². The fourth-order valence-electron chi connectivity index (χ4n) is 6.74. The Labute approximate surface area is 152 Å². The SMILES string of the molecule is C=C(CCC)[C@H]1CC[C@H]2[C@@H]3C[C@@H](O)c4cc(O)ccc4[C@H]3CC[C@]12C. The molecular formula is C23H32O2. The van der Waals surface area contributed by atoms with Gasteiger partial charge in [-0.2, -0.15) is 0 Å². The molecule has 0 saturated heterocycles. The van der Waals surface area contributed by atoms with Crippen molar-refractivity contribution in [3.05, 3.63) is 41.5 Å². The maximum Gasteiger partial charge on any atom is 0.115 e. The predicted molar refractivity (Wildman–Crippen MR) is 102 cm³/mol. The van der Waals surface area contributed by atoms with Crippen LogP contribution in [-0.4, -0.2) is 10.2 Å². The van der Waals surface area contributed by atoms with Crippen molar-refractivity contribution in [3.8, 4) is 5.75 Å². The Morgan fingerprint density at radius 3 is 2.80 bits per heavy atom. The number of hydrogen-bond acceptors (Lipinski definition) is 2. The molecule has 0 amide bonds. The van der Waals surface area contributed by atoms with Crippen molar-refractivity contribution in [3.63, 3.8) is 0 Å². The second-order valence-electron chi connectivity index (χ2n) is 9.02. The van der Waals surface area contributed by atoms with Gasteiger partial charge in [0.2, 0.25) is 0 Å². The molecule has 2 saturated carbocycles. The molecule has 0 bridgehead atoms. The van der Waals surface area contributed by atoms with Crippen LogP contribution >= 0.6 is 0 Å². The molecule has 0 unspecified atom stereocenters. The average molecular weight is 341 g/mol. The monoisotopic (exact) mass is 340 g/mol. The Hall–Kier alpha value is -1.28. The number of fused-ring (bicyclic) bond motifs is 5. The fraction of sp³-hybridized carbons (Fsp3) is 0.652. The first-order valence-corrected chi connectivity index (χ1v) is 10.1. The lowest BCUT2D eigenvalue weighted by atomic mass is 9.53. The van der Waals surface area contributed by atoms with E-state index in [1.165, 1.54) is 43.2 Å². The van der Waals surface area contributed by atoms with Gasteiger partial charge in [-0.05, 0) is 90.9 Å². The summed E-state index contributed by atoms with van der Waals surface area (Å²) in [6.07, 6.45) is 7.81. The highest BCUT2D eigenvalue weighted by molar-refractivity contribution is 5.41. The van der Waals surface area contributed by atoms with Gasteiger partial charge in [-0.25, -0.2) is 0 Å². The van der Waals surface area contributed by atoms with Crippen molar-refractivity contribution in [2.45, 2.75) is 70.8 Å². The smallest absolute Gasteiger partial charge is 0.115 e. The summed E-state index contributed by atoms with van der Waals surface area (Å²) in [5, 5.41) is 20.6. The minimum atomic E-state index is -0.427. The van der Waals surface area contributed by atoms with E-state index in [0.717, 1.165) is 18.4 Å². The van der Waals surface area contributed by atoms with Crippen LogP contribution in [0.25, 0.3) is 0 Å². The zero-order valence-corrected chi connectivity index (χ0v) is 15.7. The molecule has 0 radical (unpaired) electrons. The summed E-state index contributed by atoms with van der Waals surface area (Å²) in [7, 11) is 0. The first-order chi connectivity index (χ1) is 12.0. The predicted octanol–water partition coefficient (Wildman–Crippen LogP) is 5.71. The van der Waals surface area contributed by atoms with Gasteiger partial charge >= 0.3 is 0 Å². The van der Waals surface area contributed by atoms with E-state index in [1.807, 2.05) is 0 Å². The number of rotatable bonds is 3. The number of allylic oxidation sites excluding steroid dienone is 1. The maximum atomic E-state index is 10.8. The summed E-state index contributed by atoms with van der Waals surface area (Å²) in [5.41, 5.74) is 4.09. The third kappa shape index (κ3) is 2.56. The number of aliphatic hydroxyl groups excluding tert-OH is 1. The highest BCUT2D eigenvalue weighted by Crippen LogP contribution is 2.65. The first-order valence-electron chi connectivity index (χ1n) is 10.1. The second kappa shape index (κ2) is 6.16. The van der Waals surface area contributed by atoms with Gasteiger partial charge in [0.25, 0.3) is 0 Å². The summed E-state index contributed by atoms with van der Waals surface area (Å²) in [6, 6.07) is 5.64. The molecule has 2 fully saturated rings. The number of phenolic OH excluding ortho intramolecular Hbond substituents is 1. The van der Waals surface area contributed by atoms with Crippen LogP contribution in [0.15, 0.2) is 30.4 Å². The number of benzene rings is 1.